The minimum absolute atomic E-state index is 0.0370. The van der Waals surface area contributed by atoms with Crippen LogP contribution in [0.15, 0.2) is 46.9 Å². The number of nitrogens with zero attached hydrogens (tertiary/aromatic N) is 1. The Labute approximate surface area is 166 Å². The first kappa shape index (κ1) is 18.5. The maximum absolute atomic E-state index is 12.6. The van der Waals surface area contributed by atoms with E-state index in [2.05, 4.69) is 15.6 Å². The van der Waals surface area contributed by atoms with Gasteiger partial charge >= 0.3 is 0 Å². The summed E-state index contributed by atoms with van der Waals surface area (Å²) in [5.41, 5.74) is 2.32. The largest absolute Gasteiger partial charge is 0.497 e. The summed E-state index contributed by atoms with van der Waals surface area (Å²) in [4.78, 5) is 28.5. The second kappa shape index (κ2) is 7.67. The molecular weight excluding hydrogens is 374 g/mol. The summed E-state index contributed by atoms with van der Waals surface area (Å²) in [6.07, 6.45) is 0.0370. The molecular formula is C21H19N3O5. The number of para-hydroxylation sites is 1. The third-order valence-corrected chi connectivity index (χ3v) is 4.45. The topological polar surface area (TPSA) is 103 Å². The van der Waals surface area contributed by atoms with E-state index in [1.54, 1.807) is 32.2 Å². The van der Waals surface area contributed by atoms with E-state index >= 15 is 0 Å². The summed E-state index contributed by atoms with van der Waals surface area (Å²) in [6, 6.07) is 12.5. The highest BCUT2D eigenvalue weighted by atomic mass is 16.5. The van der Waals surface area contributed by atoms with Crippen molar-refractivity contribution in [2.45, 2.75) is 13.3 Å². The van der Waals surface area contributed by atoms with Gasteiger partial charge in [0.05, 0.1) is 30.6 Å². The fraction of sp³-hybridized carbons (Fsp3) is 0.190. The van der Waals surface area contributed by atoms with Crippen LogP contribution in [0.3, 0.4) is 0 Å². The van der Waals surface area contributed by atoms with Crippen molar-refractivity contribution in [1.29, 1.82) is 0 Å². The Morgan fingerprint density at radius 2 is 2.10 bits per heavy atom. The molecule has 0 aliphatic carbocycles. The van der Waals surface area contributed by atoms with Crippen LogP contribution in [0.1, 0.15) is 11.5 Å². The van der Waals surface area contributed by atoms with Crippen LogP contribution in [0.4, 0.5) is 11.4 Å². The molecule has 0 unspecified atom stereocenters. The molecule has 0 saturated carbocycles. The van der Waals surface area contributed by atoms with Crippen LogP contribution >= 0.6 is 0 Å². The number of methoxy groups -OCH3 is 1. The van der Waals surface area contributed by atoms with E-state index in [4.69, 9.17) is 13.9 Å². The zero-order valence-corrected chi connectivity index (χ0v) is 15.9. The summed E-state index contributed by atoms with van der Waals surface area (Å²) in [5.74, 6) is 1.62. The van der Waals surface area contributed by atoms with Gasteiger partial charge < -0.3 is 24.5 Å². The summed E-state index contributed by atoms with van der Waals surface area (Å²) in [6.45, 7) is 1.68. The summed E-state index contributed by atoms with van der Waals surface area (Å²) in [5, 5.41) is 5.52. The lowest BCUT2D eigenvalue weighted by Crippen LogP contribution is -2.26. The third-order valence-electron chi connectivity index (χ3n) is 4.45. The zero-order chi connectivity index (χ0) is 20.4. The lowest BCUT2D eigenvalue weighted by atomic mass is 10.2. The normalized spacial score (nSPS) is 12.6. The average Bonchev–Trinajstić information content (AvgIpc) is 3.08. The van der Waals surface area contributed by atoms with Crippen LogP contribution in [0.5, 0.6) is 11.5 Å². The van der Waals surface area contributed by atoms with Gasteiger partial charge in [0.2, 0.25) is 11.8 Å². The maximum atomic E-state index is 12.6. The molecule has 4 rings (SSSR count). The predicted octanol–water partition coefficient (Wildman–Crippen LogP) is 3.17. The number of ether oxygens (including phenoxy) is 2. The van der Waals surface area contributed by atoms with Gasteiger partial charge in [0.1, 0.15) is 11.5 Å². The minimum Gasteiger partial charge on any atom is -0.497 e. The Hall–Kier alpha value is -3.81. The molecule has 2 heterocycles. The van der Waals surface area contributed by atoms with Crippen molar-refractivity contribution >= 4 is 23.2 Å². The van der Waals surface area contributed by atoms with E-state index in [1.165, 1.54) is 0 Å². The van der Waals surface area contributed by atoms with Gasteiger partial charge in [-0.15, -0.1) is 0 Å². The van der Waals surface area contributed by atoms with Gasteiger partial charge in [-0.1, -0.05) is 12.1 Å². The first-order valence-electron chi connectivity index (χ1n) is 8.99. The number of hydrogen-bond acceptors (Lipinski definition) is 6. The number of aryl methyl sites for hydroxylation is 1. The summed E-state index contributed by atoms with van der Waals surface area (Å²) >= 11 is 0. The van der Waals surface area contributed by atoms with Crippen LogP contribution < -0.4 is 20.1 Å². The Morgan fingerprint density at radius 1 is 1.28 bits per heavy atom. The van der Waals surface area contributed by atoms with E-state index < -0.39 is 0 Å². The van der Waals surface area contributed by atoms with Crippen molar-refractivity contribution in [2.24, 2.45) is 0 Å². The number of aromatic nitrogens is 1. The highest BCUT2D eigenvalue weighted by Crippen LogP contribution is 2.35. The van der Waals surface area contributed by atoms with Gasteiger partial charge in [0.15, 0.2) is 12.4 Å². The zero-order valence-electron chi connectivity index (χ0n) is 15.9. The first-order valence-corrected chi connectivity index (χ1v) is 8.99. The molecule has 0 bridgehead atoms. The molecule has 1 aromatic heterocycles. The van der Waals surface area contributed by atoms with Crippen molar-refractivity contribution in [3.63, 3.8) is 0 Å². The van der Waals surface area contributed by atoms with Crippen molar-refractivity contribution in [3.05, 3.63) is 53.9 Å². The molecule has 8 heteroatoms. The highest BCUT2D eigenvalue weighted by Gasteiger charge is 2.21. The van der Waals surface area contributed by atoms with Crippen molar-refractivity contribution < 1.29 is 23.5 Å². The maximum Gasteiger partial charge on any atom is 0.262 e. The van der Waals surface area contributed by atoms with Crippen LogP contribution in [-0.4, -0.2) is 30.5 Å². The Balaban J connectivity index is 1.50. The quantitative estimate of drug-likeness (QED) is 0.690. The van der Waals surface area contributed by atoms with E-state index in [0.717, 1.165) is 5.56 Å². The second-order valence-corrected chi connectivity index (χ2v) is 6.50. The minimum atomic E-state index is -0.271. The number of oxazole rings is 1. The molecule has 2 aromatic carbocycles. The fourth-order valence-electron chi connectivity index (χ4n) is 3.03. The summed E-state index contributed by atoms with van der Waals surface area (Å²) in [7, 11) is 1.59. The Morgan fingerprint density at radius 3 is 2.93 bits per heavy atom. The molecule has 2 amide bonds. The van der Waals surface area contributed by atoms with Gasteiger partial charge in [-0.05, 0) is 37.3 Å². The van der Waals surface area contributed by atoms with Crippen LogP contribution in [-0.2, 0) is 16.0 Å². The van der Waals surface area contributed by atoms with Gasteiger partial charge in [-0.3, -0.25) is 9.59 Å². The van der Waals surface area contributed by atoms with E-state index in [1.807, 2.05) is 24.3 Å². The molecule has 1 aliphatic heterocycles. The highest BCUT2D eigenvalue weighted by molar-refractivity contribution is 6.00. The Kier molecular flexibility index (Phi) is 4.90. The molecule has 0 spiro atoms. The number of fused-ring (bicyclic) bond motifs is 1. The molecule has 0 fully saturated rings. The number of nitrogens with one attached hydrogen (secondary N) is 2. The third kappa shape index (κ3) is 3.91. The fourth-order valence-corrected chi connectivity index (χ4v) is 3.03. The smallest absolute Gasteiger partial charge is 0.262 e. The SMILES string of the molecule is COc1cccc(-c2nc(CC(=O)Nc3cccc4c3OCC(=O)N4)c(C)o2)c1. The van der Waals surface area contributed by atoms with Crippen molar-refractivity contribution in [1.82, 2.24) is 4.98 Å². The molecule has 2 N–H and O–H groups in total. The lowest BCUT2D eigenvalue weighted by molar-refractivity contribution is -0.118. The van der Waals surface area contributed by atoms with E-state index in [9.17, 15) is 9.59 Å². The molecule has 29 heavy (non-hydrogen) atoms. The first-order chi connectivity index (χ1) is 14.0. The molecule has 3 aromatic rings. The van der Waals surface area contributed by atoms with E-state index in [-0.39, 0.29) is 24.8 Å². The molecule has 0 atom stereocenters. The van der Waals surface area contributed by atoms with E-state index in [0.29, 0.717) is 40.2 Å². The number of hydrogen-bond donors (Lipinski definition) is 2. The van der Waals surface area contributed by atoms with Crippen LogP contribution in [0.2, 0.25) is 0 Å². The lowest BCUT2D eigenvalue weighted by Gasteiger charge is -2.20. The Bertz CT molecular complexity index is 1090. The van der Waals surface area contributed by atoms with Crippen LogP contribution in [0.25, 0.3) is 11.5 Å². The molecule has 0 radical (unpaired) electrons. The van der Waals surface area contributed by atoms with Gasteiger partial charge in [-0.25, -0.2) is 4.98 Å². The van der Waals surface area contributed by atoms with Crippen molar-refractivity contribution in [2.75, 3.05) is 24.4 Å². The molecule has 8 nitrogen and oxygen atoms in total. The average molecular weight is 393 g/mol. The van der Waals surface area contributed by atoms with Gasteiger partial charge in [0, 0.05) is 5.56 Å². The predicted molar refractivity (Wildman–Crippen MR) is 106 cm³/mol. The van der Waals surface area contributed by atoms with Gasteiger partial charge in [0.25, 0.3) is 5.91 Å². The molecule has 0 saturated heterocycles. The monoisotopic (exact) mass is 393 g/mol. The van der Waals surface area contributed by atoms with Crippen molar-refractivity contribution in [3.8, 4) is 23.0 Å². The molecule has 148 valence electrons. The number of rotatable bonds is 5. The number of amides is 2. The standard InChI is InChI=1S/C21H19N3O5/c1-12-17(24-21(29-12)13-5-3-6-14(9-13)27-2)10-18(25)22-15-7-4-8-16-20(15)28-11-19(26)23-16/h3-9H,10-11H2,1-2H3,(H,22,25)(H,23,26). The van der Waals surface area contributed by atoms with Crippen LogP contribution in [0, 0.1) is 6.92 Å². The number of benzene rings is 2. The van der Waals surface area contributed by atoms with Gasteiger partial charge in [-0.2, -0.15) is 0 Å². The molecule has 1 aliphatic rings. The number of anilines is 2. The summed E-state index contributed by atoms with van der Waals surface area (Å²) < 4.78 is 16.4. The second-order valence-electron chi connectivity index (χ2n) is 6.50. The number of carbonyl (C=O) groups excluding carboxylic acids is 2. The number of carbonyl (C=O) groups is 2.